The first kappa shape index (κ1) is 24.0. The molecule has 0 aliphatic carbocycles. The van der Waals surface area contributed by atoms with Crippen molar-refractivity contribution >= 4 is 36.2 Å². The van der Waals surface area contributed by atoms with E-state index in [4.69, 9.17) is 16.3 Å². The number of carbonyl (C=O) groups excluding carboxylic acids is 2. The fourth-order valence-electron chi connectivity index (χ4n) is 2.67. The maximum atomic E-state index is 13.5. The van der Waals surface area contributed by atoms with Crippen molar-refractivity contribution in [3.05, 3.63) is 64.7 Å². The molecule has 5 nitrogen and oxygen atoms in total. The Morgan fingerprint density at radius 3 is 2.60 bits per heavy atom. The summed E-state index contributed by atoms with van der Waals surface area (Å²) in [6, 6.07) is 10.6. The van der Waals surface area contributed by atoms with E-state index in [9.17, 15) is 18.4 Å². The van der Waals surface area contributed by atoms with E-state index >= 15 is 0 Å². The average Bonchev–Trinajstić information content (AvgIpc) is 2.71. The Hall–Kier alpha value is -2.32. The second kappa shape index (κ2) is 11.8. The van der Waals surface area contributed by atoms with Crippen LogP contribution in [0.15, 0.2) is 47.4 Å². The summed E-state index contributed by atoms with van der Waals surface area (Å²) in [5.74, 6) is -1.37. The van der Waals surface area contributed by atoms with E-state index in [2.05, 4.69) is 17.9 Å². The van der Waals surface area contributed by atoms with E-state index in [-0.39, 0.29) is 37.0 Å². The van der Waals surface area contributed by atoms with Crippen molar-refractivity contribution in [2.24, 2.45) is 5.92 Å². The molecule has 0 unspecified atom stereocenters. The molecule has 3 rings (SSSR count). The maximum absolute atomic E-state index is 13.5. The van der Waals surface area contributed by atoms with Gasteiger partial charge >= 0.3 is 6.09 Å². The van der Waals surface area contributed by atoms with E-state index in [0.717, 1.165) is 28.1 Å². The Morgan fingerprint density at radius 2 is 1.97 bits per heavy atom. The molecule has 1 atom stereocenters. The van der Waals surface area contributed by atoms with E-state index in [1.165, 1.54) is 4.90 Å². The molecule has 30 heavy (non-hydrogen) atoms. The van der Waals surface area contributed by atoms with Crippen molar-refractivity contribution in [1.29, 1.82) is 0 Å². The fraction of sp³-hybridized carbons (Fsp3) is 0.333. The Kier molecular flexibility index (Phi) is 9.39. The van der Waals surface area contributed by atoms with Crippen LogP contribution in [0.25, 0.3) is 0 Å². The number of hydrogen-bond acceptors (Lipinski definition) is 4. The summed E-state index contributed by atoms with van der Waals surface area (Å²) in [6.45, 7) is 2.63. The number of benzene rings is 2. The molecule has 1 fully saturated rings. The van der Waals surface area contributed by atoms with Gasteiger partial charge in [-0.2, -0.15) is 0 Å². The van der Waals surface area contributed by atoms with Crippen LogP contribution in [-0.2, 0) is 16.0 Å². The highest BCUT2D eigenvalue weighted by atomic mass is 35.5. The summed E-state index contributed by atoms with van der Waals surface area (Å²) in [6.07, 6.45) is -0.307. The summed E-state index contributed by atoms with van der Waals surface area (Å²) >= 11 is 9.65. The number of piperazine rings is 1. The second-order valence-corrected chi connectivity index (χ2v) is 7.82. The topological polar surface area (TPSA) is 58.6 Å². The van der Waals surface area contributed by atoms with Crippen molar-refractivity contribution in [2.45, 2.75) is 18.2 Å². The average molecular weight is 457 g/mol. The molecule has 162 valence electrons. The van der Waals surface area contributed by atoms with Crippen LogP contribution in [0.1, 0.15) is 12.5 Å². The van der Waals surface area contributed by atoms with Gasteiger partial charge in [-0.3, -0.25) is 9.69 Å². The summed E-state index contributed by atoms with van der Waals surface area (Å²) in [5, 5.41) is 3.36. The lowest BCUT2D eigenvalue weighted by Crippen LogP contribution is -2.50. The van der Waals surface area contributed by atoms with Gasteiger partial charge in [-0.15, -0.1) is 12.6 Å². The van der Waals surface area contributed by atoms with Crippen LogP contribution in [0.4, 0.5) is 13.6 Å². The summed E-state index contributed by atoms with van der Waals surface area (Å²) in [4.78, 5) is 25.3. The van der Waals surface area contributed by atoms with Gasteiger partial charge in [0.15, 0.2) is 0 Å². The zero-order valence-electron chi connectivity index (χ0n) is 16.4. The first-order valence-electron chi connectivity index (χ1n) is 9.31. The number of ether oxygens (including phenoxy) is 1. The van der Waals surface area contributed by atoms with Crippen LogP contribution in [0, 0.1) is 17.6 Å². The normalized spacial score (nSPS) is 14.3. The second-order valence-electron chi connectivity index (χ2n) is 6.87. The number of halogens is 3. The van der Waals surface area contributed by atoms with Crippen LogP contribution < -0.4 is 5.32 Å². The number of nitrogens with one attached hydrogen (secondary N) is 1. The van der Waals surface area contributed by atoms with Gasteiger partial charge < -0.3 is 10.1 Å². The Morgan fingerprint density at radius 1 is 1.27 bits per heavy atom. The molecular weight excluding hydrogens is 434 g/mol. The highest BCUT2D eigenvalue weighted by molar-refractivity contribution is 7.80. The number of carbonyl (C=O) groups is 2. The molecule has 2 aromatic rings. The first-order valence-corrected chi connectivity index (χ1v) is 10.1. The predicted octanol–water partition coefficient (Wildman–Crippen LogP) is 4.34. The summed E-state index contributed by atoms with van der Waals surface area (Å²) < 4.78 is 31.8. The minimum Gasteiger partial charge on any atom is -0.449 e. The van der Waals surface area contributed by atoms with E-state index < -0.39 is 17.7 Å². The molecule has 0 saturated carbocycles. The van der Waals surface area contributed by atoms with Gasteiger partial charge in [-0.05, 0) is 60.4 Å². The van der Waals surface area contributed by atoms with Crippen molar-refractivity contribution < 1.29 is 23.1 Å². The largest absolute Gasteiger partial charge is 0.449 e. The molecular formula is C21H23ClF2N2O3S. The first-order chi connectivity index (χ1) is 14.2. The molecule has 1 saturated heterocycles. The molecule has 2 amide bonds. The van der Waals surface area contributed by atoms with Gasteiger partial charge in [-0.1, -0.05) is 18.5 Å². The number of thiol groups is 1. The van der Waals surface area contributed by atoms with Gasteiger partial charge in [0.1, 0.15) is 18.2 Å². The quantitative estimate of drug-likeness (QED) is 0.673. The molecule has 0 aromatic heterocycles. The molecule has 0 spiro atoms. The zero-order valence-corrected chi connectivity index (χ0v) is 18.1. The van der Waals surface area contributed by atoms with E-state index in [1.54, 1.807) is 6.92 Å². The van der Waals surface area contributed by atoms with Gasteiger partial charge in [0.25, 0.3) is 0 Å². The maximum Gasteiger partial charge on any atom is 0.410 e. The Balaban J connectivity index is 0.000000335. The monoisotopic (exact) mass is 456 g/mol. The van der Waals surface area contributed by atoms with Crippen LogP contribution >= 0.6 is 24.2 Å². The number of rotatable bonds is 4. The molecule has 9 heteroatoms. The van der Waals surface area contributed by atoms with Crippen LogP contribution in [0.2, 0.25) is 5.02 Å². The van der Waals surface area contributed by atoms with Crippen LogP contribution in [0.5, 0.6) is 0 Å². The molecule has 1 heterocycles. The SMILES string of the molecule is C[C@@H](COC(=O)N1CCNC(=O)C1)Cc1cc(F)ccc1F.Sc1ccc(Cl)cc1. The van der Waals surface area contributed by atoms with E-state index in [0.29, 0.717) is 13.1 Å². The van der Waals surface area contributed by atoms with Gasteiger partial charge in [-0.25, -0.2) is 13.6 Å². The predicted molar refractivity (Wildman–Crippen MR) is 114 cm³/mol. The lowest BCUT2D eigenvalue weighted by molar-refractivity contribution is -0.123. The van der Waals surface area contributed by atoms with Gasteiger partial charge in [0.05, 0.1) is 6.61 Å². The minimum atomic E-state index is -0.568. The summed E-state index contributed by atoms with van der Waals surface area (Å²) in [7, 11) is 0. The number of amides is 2. The zero-order chi connectivity index (χ0) is 22.1. The Bertz CT molecular complexity index is 847. The highest BCUT2D eigenvalue weighted by Crippen LogP contribution is 2.15. The molecule has 0 radical (unpaired) electrons. The lowest BCUT2D eigenvalue weighted by atomic mass is 10.0. The van der Waals surface area contributed by atoms with Gasteiger partial charge in [0, 0.05) is 23.0 Å². The third-order valence-electron chi connectivity index (χ3n) is 4.19. The van der Waals surface area contributed by atoms with Crippen molar-refractivity contribution in [2.75, 3.05) is 26.2 Å². The minimum absolute atomic E-state index is 0.0221. The lowest BCUT2D eigenvalue weighted by Gasteiger charge is -2.26. The number of hydrogen-bond donors (Lipinski definition) is 2. The highest BCUT2D eigenvalue weighted by Gasteiger charge is 2.22. The summed E-state index contributed by atoms with van der Waals surface area (Å²) in [5.41, 5.74) is 0.251. The van der Waals surface area contributed by atoms with Crippen molar-refractivity contribution in [3.63, 3.8) is 0 Å². The van der Waals surface area contributed by atoms with Crippen LogP contribution in [0.3, 0.4) is 0 Å². The van der Waals surface area contributed by atoms with Crippen molar-refractivity contribution in [3.8, 4) is 0 Å². The molecule has 2 aromatic carbocycles. The standard InChI is InChI=1S/C15H18F2N2O3.C6H5ClS/c1-10(6-11-7-12(16)2-3-13(11)17)9-22-15(21)19-5-4-18-14(20)8-19;7-5-1-3-6(8)4-2-5/h2-3,7,10H,4-6,8-9H2,1H3,(H,18,20);1-4,8H/t10-;/m1./s1. The van der Waals surface area contributed by atoms with Gasteiger partial charge in [0.2, 0.25) is 5.91 Å². The van der Waals surface area contributed by atoms with E-state index in [1.807, 2.05) is 24.3 Å². The van der Waals surface area contributed by atoms with Crippen LogP contribution in [-0.4, -0.2) is 43.1 Å². The van der Waals surface area contributed by atoms with Crippen molar-refractivity contribution in [1.82, 2.24) is 10.2 Å². The smallest absolute Gasteiger partial charge is 0.410 e. The molecule has 1 aliphatic rings. The third-order valence-corrected chi connectivity index (χ3v) is 4.74. The molecule has 1 aliphatic heterocycles. The molecule has 0 bridgehead atoms. The Labute approximate surface area is 184 Å². The third kappa shape index (κ3) is 8.20. The fourth-order valence-corrected chi connectivity index (χ4v) is 2.95. The number of nitrogens with zero attached hydrogens (tertiary/aromatic N) is 1. The molecule has 1 N–H and O–H groups in total.